The van der Waals surface area contributed by atoms with Crippen LogP contribution in [0.1, 0.15) is 18.4 Å². The van der Waals surface area contributed by atoms with Crippen LogP contribution in [0.4, 0.5) is 11.4 Å². The molecule has 7 nitrogen and oxygen atoms in total. The Morgan fingerprint density at radius 3 is 2.82 bits per heavy atom. The van der Waals surface area contributed by atoms with E-state index in [1.165, 1.54) is 6.07 Å². The van der Waals surface area contributed by atoms with E-state index in [4.69, 9.17) is 0 Å². The van der Waals surface area contributed by atoms with Crippen molar-refractivity contribution in [2.45, 2.75) is 19.3 Å². The second-order valence-corrected chi connectivity index (χ2v) is 5.80. The molecule has 7 heteroatoms. The van der Waals surface area contributed by atoms with E-state index in [1.807, 2.05) is 0 Å². The van der Waals surface area contributed by atoms with Crippen molar-refractivity contribution in [3.8, 4) is 0 Å². The normalized spacial score (nSPS) is 21.0. The molecule has 0 N–H and O–H groups in total. The van der Waals surface area contributed by atoms with Crippen molar-refractivity contribution in [2.75, 3.05) is 25.0 Å². The first-order chi connectivity index (χ1) is 10.5. The molecule has 22 heavy (non-hydrogen) atoms. The van der Waals surface area contributed by atoms with E-state index in [-0.39, 0.29) is 29.8 Å². The first-order valence-corrected chi connectivity index (χ1v) is 7.30. The number of anilines is 1. The molecule has 0 saturated carbocycles. The van der Waals surface area contributed by atoms with Crippen molar-refractivity contribution >= 4 is 23.2 Å². The Balaban J connectivity index is 1.92. The van der Waals surface area contributed by atoms with Gasteiger partial charge in [-0.25, -0.2) is 0 Å². The van der Waals surface area contributed by atoms with Crippen molar-refractivity contribution in [1.82, 2.24) is 4.90 Å². The summed E-state index contributed by atoms with van der Waals surface area (Å²) in [5, 5.41) is 11.1. The predicted octanol–water partition coefficient (Wildman–Crippen LogP) is 1.35. The van der Waals surface area contributed by atoms with Gasteiger partial charge in [-0.3, -0.25) is 19.7 Å². The highest BCUT2D eigenvalue weighted by molar-refractivity contribution is 6.00. The average molecular weight is 303 g/mol. The summed E-state index contributed by atoms with van der Waals surface area (Å²) >= 11 is 0. The number of nitro benzene ring substituents is 1. The molecule has 0 radical (unpaired) electrons. The molecule has 1 unspecified atom stereocenters. The fourth-order valence-corrected chi connectivity index (χ4v) is 3.26. The molecule has 2 heterocycles. The Bertz CT molecular complexity index is 658. The van der Waals surface area contributed by atoms with Gasteiger partial charge in [0.05, 0.1) is 22.1 Å². The first-order valence-electron chi connectivity index (χ1n) is 7.30. The van der Waals surface area contributed by atoms with Crippen LogP contribution in [0.3, 0.4) is 0 Å². The van der Waals surface area contributed by atoms with Crippen LogP contribution in [0.25, 0.3) is 0 Å². The third-order valence-corrected chi connectivity index (χ3v) is 4.38. The maximum Gasteiger partial charge on any atom is 0.274 e. The van der Waals surface area contributed by atoms with E-state index in [9.17, 15) is 19.7 Å². The van der Waals surface area contributed by atoms with Gasteiger partial charge in [-0.05, 0) is 18.9 Å². The van der Waals surface area contributed by atoms with E-state index in [1.54, 1.807) is 29.0 Å². The van der Waals surface area contributed by atoms with Gasteiger partial charge in [0.25, 0.3) is 5.69 Å². The Hall–Kier alpha value is -2.44. The summed E-state index contributed by atoms with van der Waals surface area (Å²) in [6.45, 7) is 0.958. The molecule has 1 aromatic carbocycles. The van der Waals surface area contributed by atoms with Crippen molar-refractivity contribution < 1.29 is 14.5 Å². The molecule has 0 aliphatic carbocycles. The molecule has 1 fully saturated rings. The van der Waals surface area contributed by atoms with Gasteiger partial charge in [-0.2, -0.15) is 0 Å². The molecular formula is C15H17N3O4. The Labute approximate surface area is 127 Å². The number of nitro groups is 1. The molecule has 1 atom stereocenters. The minimum atomic E-state index is -0.403. The van der Waals surface area contributed by atoms with Crippen LogP contribution in [0.2, 0.25) is 0 Å². The standard InChI is InChI=1S/C15H17N3O4/c1-16-9-10(8-14(16)19)15(20)17-7-3-4-11-12(17)5-2-6-13(11)18(21)22/h2,5-6,10H,3-4,7-9H2,1H3. The van der Waals surface area contributed by atoms with Crippen LogP contribution in [0.15, 0.2) is 18.2 Å². The molecular weight excluding hydrogens is 286 g/mol. The molecule has 116 valence electrons. The summed E-state index contributed by atoms with van der Waals surface area (Å²) in [6.07, 6.45) is 1.51. The van der Waals surface area contributed by atoms with Gasteiger partial charge in [-0.15, -0.1) is 0 Å². The molecule has 0 bridgehead atoms. The number of carbonyl (C=O) groups is 2. The van der Waals surface area contributed by atoms with Gasteiger partial charge in [-0.1, -0.05) is 6.07 Å². The monoisotopic (exact) mass is 303 g/mol. The van der Waals surface area contributed by atoms with E-state index in [2.05, 4.69) is 0 Å². The van der Waals surface area contributed by atoms with E-state index < -0.39 is 4.92 Å². The minimum absolute atomic E-state index is 0.0328. The number of likely N-dealkylation sites (tertiary alicyclic amines) is 1. The summed E-state index contributed by atoms with van der Waals surface area (Å²) < 4.78 is 0. The third kappa shape index (κ3) is 2.32. The van der Waals surface area contributed by atoms with Crippen LogP contribution >= 0.6 is 0 Å². The lowest BCUT2D eigenvalue weighted by molar-refractivity contribution is -0.385. The second kappa shape index (κ2) is 5.40. The van der Waals surface area contributed by atoms with E-state index >= 15 is 0 Å². The molecule has 0 spiro atoms. The van der Waals surface area contributed by atoms with Crippen LogP contribution < -0.4 is 4.90 Å². The van der Waals surface area contributed by atoms with E-state index in [0.717, 1.165) is 0 Å². The summed E-state index contributed by atoms with van der Waals surface area (Å²) in [5.41, 5.74) is 1.30. The van der Waals surface area contributed by atoms with Gasteiger partial charge in [0.15, 0.2) is 0 Å². The number of benzene rings is 1. The van der Waals surface area contributed by atoms with Crippen LogP contribution in [0.5, 0.6) is 0 Å². The maximum absolute atomic E-state index is 12.7. The smallest absolute Gasteiger partial charge is 0.274 e. The molecule has 2 amide bonds. The summed E-state index contributed by atoms with van der Waals surface area (Å²) in [4.78, 5) is 38.2. The second-order valence-electron chi connectivity index (χ2n) is 5.80. The highest BCUT2D eigenvalue weighted by Gasteiger charge is 2.37. The van der Waals surface area contributed by atoms with Crippen molar-refractivity contribution in [2.24, 2.45) is 5.92 Å². The highest BCUT2D eigenvalue weighted by Crippen LogP contribution is 2.35. The molecule has 1 saturated heterocycles. The van der Waals surface area contributed by atoms with Crippen LogP contribution in [0, 0.1) is 16.0 Å². The molecule has 2 aliphatic heterocycles. The van der Waals surface area contributed by atoms with Gasteiger partial charge in [0.1, 0.15) is 0 Å². The maximum atomic E-state index is 12.7. The molecule has 3 rings (SSSR count). The lowest BCUT2D eigenvalue weighted by Gasteiger charge is -2.31. The zero-order chi connectivity index (χ0) is 15.9. The molecule has 2 aliphatic rings. The fraction of sp³-hybridized carbons (Fsp3) is 0.467. The number of nitrogens with zero attached hydrogens (tertiary/aromatic N) is 3. The number of carbonyl (C=O) groups excluding carboxylic acids is 2. The topological polar surface area (TPSA) is 83.8 Å². The van der Waals surface area contributed by atoms with E-state index in [0.29, 0.717) is 37.2 Å². The zero-order valence-corrected chi connectivity index (χ0v) is 12.3. The van der Waals surface area contributed by atoms with Gasteiger partial charge in [0, 0.05) is 32.6 Å². The number of amides is 2. The van der Waals surface area contributed by atoms with Crippen molar-refractivity contribution in [1.29, 1.82) is 0 Å². The zero-order valence-electron chi connectivity index (χ0n) is 12.3. The minimum Gasteiger partial charge on any atom is -0.345 e. The van der Waals surface area contributed by atoms with Crippen LogP contribution in [-0.4, -0.2) is 41.8 Å². The van der Waals surface area contributed by atoms with Crippen LogP contribution in [-0.2, 0) is 16.0 Å². The number of hydrogen-bond acceptors (Lipinski definition) is 4. The highest BCUT2D eigenvalue weighted by atomic mass is 16.6. The van der Waals surface area contributed by atoms with Gasteiger partial charge < -0.3 is 9.80 Å². The third-order valence-electron chi connectivity index (χ3n) is 4.38. The average Bonchev–Trinajstić information content (AvgIpc) is 2.84. The lowest BCUT2D eigenvalue weighted by atomic mass is 9.97. The Morgan fingerprint density at radius 2 is 2.18 bits per heavy atom. The predicted molar refractivity (Wildman–Crippen MR) is 79.5 cm³/mol. The number of hydrogen-bond donors (Lipinski definition) is 0. The van der Waals surface area contributed by atoms with Gasteiger partial charge in [0.2, 0.25) is 11.8 Å². The largest absolute Gasteiger partial charge is 0.345 e. The summed E-state index contributed by atoms with van der Waals surface area (Å²) in [7, 11) is 1.69. The summed E-state index contributed by atoms with van der Waals surface area (Å²) in [5.74, 6) is -0.503. The van der Waals surface area contributed by atoms with Crippen molar-refractivity contribution in [3.05, 3.63) is 33.9 Å². The molecule has 0 aromatic heterocycles. The Kier molecular flexibility index (Phi) is 3.56. The van der Waals surface area contributed by atoms with Crippen molar-refractivity contribution in [3.63, 3.8) is 0 Å². The number of fused-ring (bicyclic) bond motifs is 1. The SMILES string of the molecule is CN1CC(C(=O)N2CCCc3c2cccc3[N+](=O)[O-])CC1=O. The lowest BCUT2D eigenvalue weighted by Crippen LogP contribution is -2.40. The summed E-state index contributed by atoms with van der Waals surface area (Å²) in [6, 6.07) is 4.83. The van der Waals surface area contributed by atoms with Gasteiger partial charge >= 0.3 is 0 Å². The fourth-order valence-electron chi connectivity index (χ4n) is 3.26. The first kappa shape index (κ1) is 14.5. The number of rotatable bonds is 2. The quantitative estimate of drug-likeness (QED) is 0.610. The Morgan fingerprint density at radius 1 is 1.41 bits per heavy atom. The molecule has 1 aromatic rings.